The third-order valence-corrected chi connectivity index (χ3v) is 5.58. The van der Waals surface area contributed by atoms with E-state index in [2.05, 4.69) is 36.7 Å². The fraction of sp³-hybridized carbons (Fsp3) is 0.667. The van der Waals surface area contributed by atoms with Gasteiger partial charge < -0.3 is 9.84 Å². The van der Waals surface area contributed by atoms with Gasteiger partial charge in [-0.1, -0.05) is 26.8 Å². The van der Waals surface area contributed by atoms with Gasteiger partial charge in [0, 0.05) is 0 Å². The molecule has 0 amide bonds. The molecule has 3 heteroatoms. The van der Waals surface area contributed by atoms with Crippen molar-refractivity contribution in [1.82, 2.24) is 0 Å². The lowest BCUT2D eigenvalue weighted by Crippen LogP contribution is -2.28. The van der Waals surface area contributed by atoms with E-state index in [1.54, 1.807) is 7.11 Å². The molecule has 21 heavy (non-hydrogen) atoms. The van der Waals surface area contributed by atoms with Gasteiger partial charge in [0.15, 0.2) is 0 Å². The van der Waals surface area contributed by atoms with Crippen LogP contribution < -0.4 is 4.74 Å². The van der Waals surface area contributed by atoms with Crippen molar-refractivity contribution in [2.75, 3.05) is 7.11 Å². The quantitative estimate of drug-likeness (QED) is 0.793. The van der Waals surface area contributed by atoms with E-state index in [9.17, 15) is 5.11 Å². The van der Waals surface area contributed by atoms with Crippen LogP contribution in [0.3, 0.4) is 0 Å². The number of ether oxygens (including phenoxy) is 1. The molecule has 2 rings (SSSR count). The van der Waals surface area contributed by atoms with E-state index in [1.807, 2.05) is 18.2 Å². The van der Waals surface area contributed by atoms with Gasteiger partial charge in [-0.15, -0.1) is 0 Å². The summed E-state index contributed by atoms with van der Waals surface area (Å²) in [4.78, 5) is 0. The maximum Gasteiger partial charge on any atom is 0.133 e. The predicted octanol–water partition coefficient (Wildman–Crippen LogP) is 5.34. The molecule has 1 atom stereocenters. The van der Waals surface area contributed by atoms with Crippen LogP contribution in [0, 0.1) is 17.3 Å². The van der Waals surface area contributed by atoms with Crippen LogP contribution in [0.4, 0.5) is 0 Å². The van der Waals surface area contributed by atoms with Gasteiger partial charge in [-0.05, 0) is 76.6 Å². The Morgan fingerprint density at radius 2 is 1.81 bits per heavy atom. The molecule has 0 heterocycles. The SMILES string of the molecule is COc1ccc(C(O)C2CCC(C(C)(C)C)CC2)cc1Br. The standard InChI is InChI=1S/C18H27BrO2/c1-18(2,3)14-8-5-12(6-9-14)17(20)13-7-10-16(21-4)15(19)11-13/h7,10-12,14,17,20H,5-6,8-9H2,1-4H3. The highest BCUT2D eigenvalue weighted by Gasteiger charge is 2.32. The molecule has 0 saturated heterocycles. The van der Waals surface area contributed by atoms with E-state index in [0.717, 1.165) is 34.5 Å². The minimum Gasteiger partial charge on any atom is -0.496 e. The lowest BCUT2D eigenvalue weighted by molar-refractivity contribution is 0.0527. The second-order valence-electron chi connectivity index (χ2n) is 7.32. The molecule has 1 unspecified atom stereocenters. The smallest absolute Gasteiger partial charge is 0.133 e. The van der Waals surface area contributed by atoms with Gasteiger partial charge in [-0.25, -0.2) is 0 Å². The van der Waals surface area contributed by atoms with Gasteiger partial charge in [0.2, 0.25) is 0 Å². The number of hydrogen-bond acceptors (Lipinski definition) is 2. The molecule has 1 saturated carbocycles. The second-order valence-corrected chi connectivity index (χ2v) is 8.17. The Bertz CT molecular complexity index is 471. The van der Waals surface area contributed by atoms with Gasteiger partial charge in [-0.2, -0.15) is 0 Å². The van der Waals surface area contributed by atoms with Crippen molar-refractivity contribution >= 4 is 15.9 Å². The average Bonchev–Trinajstić information content (AvgIpc) is 2.45. The Labute approximate surface area is 137 Å². The Balaban J connectivity index is 2.02. The molecule has 1 fully saturated rings. The van der Waals surface area contributed by atoms with Crippen LogP contribution in [0.5, 0.6) is 5.75 Å². The summed E-state index contributed by atoms with van der Waals surface area (Å²) < 4.78 is 6.16. The zero-order chi connectivity index (χ0) is 15.6. The highest BCUT2D eigenvalue weighted by atomic mass is 79.9. The Morgan fingerprint density at radius 1 is 1.19 bits per heavy atom. The third kappa shape index (κ3) is 4.01. The number of methoxy groups -OCH3 is 1. The van der Waals surface area contributed by atoms with Crippen molar-refractivity contribution in [3.05, 3.63) is 28.2 Å². The first-order valence-corrected chi connectivity index (χ1v) is 8.63. The maximum absolute atomic E-state index is 10.7. The highest BCUT2D eigenvalue weighted by molar-refractivity contribution is 9.10. The van der Waals surface area contributed by atoms with Crippen molar-refractivity contribution < 1.29 is 9.84 Å². The number of benzene rings is 1. The molecule has 2 nitrogen and oxygen atoms in total. The van der Waals surface area contributed by atoms with Gasteiger partial charge in [0.1, 0.15) is 5.75 Å². The number of rotatable bonds is 3. The Hall–Kier alpha value is -0.540. The van der Waals surface area contributed by atoms with E-state index in [-0.39, 0.29) is 6.10 Å². The van der Waals surface area contributed by atoms with Crippen molar-refractivity contribution in [2.24, 2.45) is 17.3 Å². The molecule has 1 aliphatic carbocycles. The molecule has 0 radical (unpaired) electrons. The number of hydrogen-bond donors (Lipinski definition) is 1. The van der Waals surface area contributed by atoms with E-state index in [4.69, 9.17) is 4.74 Å². The minimum atomic E-state index is -0.367. The Kier molecular flexibility index (Phi) is 5.37. The van der Waals surface area contributed by atoms with E-state index in [0.29, 0.717) is 11.3 Å². The first-order valence-electron chi connectivity index (χ1n) is 7.84. The molecule has 0 aliphatic heterocycles. The molecular formula is C18H27BrO2. The van der Waals surface area contributed by atoms with Crippen LogP contribution in [0.1, 0.15) is 58.1 Å². The van der Waals surface area contributed by atoms with Crippen LogP contribution in [0.25, 0.3) is 0 Å². The van der Waals surface area contributed by atoms with Gasteiger partial charge >= 0.3 is 0 Å². The zero-order valence-corrected chi connectivity index (χ0v) is 15.1. The largest absolute Gasteiger partial charge is 0.496 e. The minimum absolute atomic E-state index is 0.367. The molecular weight excluding hydrogens is 328 g/mol. The fourth-order valence-electron chi connectivity index (χ4n) is 3.44. The van der Waals surface area contributed by atoms with Crippen LogP contribution in [-0.4, -0.2) is 12.2 Å². The average molecular weight is 355 g/mol. The second kappa shape index (κ2) is 6.70. The summed E-state index contributed by atoms with van der Waals surface area (Å²) in [5.41, 5.74) is 1.38. The van der Waals surface area contributed by atoms with E-state index >= 15 is 0 Å². The molecule has 0 aromatic heterocycles. The summed E-state index contributed by atoms with van der Waals surface area (Å²) in [6.45, 7) is 6.99. The van der Waals surface area contributed by atoms with Crippen molar-refractivity contribution in [1.29, 1.82) is 0 Å². The molecule has 1 aliphatic rings. The zero-order valence-electron chi connectivity index (χ0n) is 13.5. The van der Waals surface area contributed by atoms with Gasteiger partial charge in [0.05, 0.1) is 17.7 Å². The van der Waals surface area contributed by atoms with Crippen molar-refractivity contribution in [3.63, 3.8) is 0 Å². The molecule has 1 N–H and O–H groups in total. The molecule has 118 valence electrons. The van der Waals surface area contributed by atoms with E-state index in [1.165, 1.54) is 12.8 Å². The molecule has 0 bridgehead atoms. The predicted molar refractivity (Wildman–Crippen MR) is 90.6 cm³/mol. The van der Waals surface area contributed by atoms with Crippen molar-refractivity contribution in [3.8, 4) is 5.75 Å². The summed E-state index contributed by atoms with van der Waals surface area (Å²) in [7, 11) is 1.66. The Morgan fingerprint density at radius 3 is 2.29 bits per heavy atom. The van der Waals surface area contributed by atoms with Crippen LogP contribution >= 0.6 is 15.9 Å². The molecule has 1 aromatic rings. The topological polar surface area (TPSA) is 29.5 Å². The first-order chi connectivity index (χ1) is 9.82. The summed E-state index contributed by atoms with van der Waals surface area (Å²) in [5, 5.41) is 10.7. The maximum atomic E-state index is 10.7. The van der Waals surface area contributed by atoms with Crippen LogP contribution in [-0.2, 0) is 0 Å². The molecule has 1 aromatic carbocycles. The summed E-state index contributed by atoms with van der Waals surface area (Å²) in [5.74, 6) is 1.97. The van der Waals surface area contributed by atoms with Crippen LogP contribution in [0.15, 0.2) is 22.7 Å². The van der Waals surface area contributed by atoms with Crippen LogP contribution in [0.2, 0.25) is 0 Å². The number of halogens is 1. The molecule has 0 spiro atoms. The lowest BCUT2D eigenvalue weighted by atomic mass is 9.68. The van der Waals surface area contributed by atoms with Gasteiger partial charge in [0.25, 0.3) is 0 Å². The van der Waals surface area contributed by atoms with Crippen molar-refractivity contribution in [2.45, 2.75) is 52.6 Å². The third-order valence-electron chi connectivity index (χ3n) is 4.96. The summed E-state index contributed by atoms with van der Waals surface area (Å²) in [6.07, 6.45) is 4.32. The lowest BCUT2D eigenvalue weighted by Gasteiger charge is -2.38. The number of aliphatic hydroxyl groups is 1. The normalized spacial score (nSPS) is 24.7. The first kappa shape index (κ1) is 16.8. The monoisotopic (exact) mass is 354 g/mol. The van der Waals surface area contributed by atoms with E-state index < -0.39 is 0 Å². The fourth-order valence-corrected chi connectivity index (χ4v) is 4.00. The number of aliphatic hydroxyl groups excluding tert-OH is 1. The summed E-state index contributed by atoms with van der Waals surface area (Å²) >= 11 is 3.50. The van der Waals surface area contributed by atoms with Gasteiger partial charge in [-0.3, -0.25) is 0 Å². The highest BCUT2D eigenvalue weighted by Crippen LogP contribution is 2.43. The summed E-state index contributed by atoms with van der Waals surface area (Å²) in [6, 6.07) is 5.88.